The maximum Gasteiger partial charge on any atom is 0.136 e. The molecular formula is C13H16F2S2. The fourth-order valence-corrected chi connectivity index (χ4v) is 4.13. The van der Waals surface area contributed by atoms with E-state index in [1.54, 1.807) is 0 Å². The number of thiol groups is 1. The van der Waals surface area contributed by atoms with Crippen molar-refractivity contribution in [2.45, 2.75) is 30.6 Å². The summed E-state index contributed by atoms with van der Waals surface area (Å²) < 4.78 is 26.5. The Morgan fingerprint density at radius 2 is 1.94 bits per heavy atom. The molecule has 0 aromatic heterocycles. The van der Waals surface area contributed by atoms with Crippen LogP contribution in [0, 0.1) is 17.0 Å². The third-order valence-electron chi connectivity index (χ3n) is 3.43. The van der Waals surface area contributed by atoms with Crippen LogP contribution < -0.4 is 0 Å². The van der Waals surface area contributed by atoms with Crippen LogP contribution in [0.25, 0.3) is 0 Å². The van der Waals surface area contributed by atoms with Crippen LogP contribution in [-0.2, 0) is 0 Å². The van der Waals surface area contributed by atoms with Gasteiger partial charge in [0.15, 0.2) is 0 Å². The normalized spacial score (nSPS) is 18.5. The molecule has 0 N–H and O–H groups in total. The second kappa shape index (κ2) is 5.61. The molecule has 0 saturated heterocycles. The summed E-state index contributed by atoms with van der Waals surface area (Å²) in [7, 11) is 0. The van der Waals surface area contributed by atoms with E-state index in [2.05, 4.69) is 12.6 Å². The van der Waals surface area contributed by atoms with Gasteiger partial charge in [-0.2, -0.15) is 12.6 Å². The fraction of sp³-hybridized carbons (Fsp3) is 0.538. The Balaban J connectivity index is 2.03. The molecule has 1 aromatic rings. The highest BCUT2D eigenvalue weighted by atomic mass is 32.2. The molecule has 0 unspecified atom stereocenters. The average molecular weight is 274 g/mol. The minimum atomic E-state index is -0.375. The molecule has 17 heavy (non-hydrogen) atoms. The quantitative estimate of drug-likeness (QED) is 0.621. The van der Waals surface area contributed by atoms with Gasteiger partial charge in [-0.25, -0.2) is 8.78 Å². The number of thioether (sulfide) groups is 1. The lowest BCUT2D eigenvalue weighted by Gasteiger charge is -2.26. The highest BCUT2D eigenvalue weighted by molar-refractivity contribution is 7.99. The van der Waals surface area contributed by atoms with E-state index < -0.39 is 0 Å². The lowest BCUT2D eigenvalue weighted by Crippen LogP contribution is -2.21. The monoisotopic (exact) mass is 274 g/mol. The van der Waals surface area contributed by atoms with Crippen LogP contribution in [0.4, 0.5) is 8.78 Å². The molecule has 4 heteroatoms. The Morgan fingerprint density at radius 3 is 2.59 bits per heavy atom. The van der Waals surface area contributed by atoms with Crippen molar-refractivity contribution in [3.63, 3.8) is 0 Å². The molecule has 0 bridgehead atoms. The van der Waals surface area contributed by atoms with Crippen molar-refractivity contribution in [3.8, 4) is 0 Å². The van der Waals surface area contributed by atoms with E-state index >= 15 is 0 Å². The molecule has 1 fully saturated rings. The van der Waals surface area contributed by atoms with Crippen molar-refractivity contribution in [1.29, 1.82) is 0 Å². The third-order valence-corrected chi connectivity index (χ3v) is 5.48. The fourth-order valence-electron chi connectivity index (χ4n) is 2.29. The van der Waals surface area contributed by atoms with E-state index in [4.69, 9.17) is 0 Å². The summed E-state index contributed by atoms with van der Waals surface area (Å²) in [6.07, 6.45) is 4.76. The van der Waals surface area contributed by atoms with Crippen LogP contribution in [0.5, 0.6) is 0 Å². The molecule has 0 aliphatic heterocycles. The van der Waals surface area contributed by atoms with Gasteiger partial charge in [-0.05, 0) is 42.2 Å². The minimum Gasteiger partial charge on any atom is -0.207 e. The average Bonchev–Trinajstić information content (AvgIpc) is 2.80. The highest BCUT2D eigenvalue weighted by Crippen LogP contribution is 2.43. The molecule has 2 rings (SSSR count). The van der Waals surface area contributed by atoms with Crippen LogP contribution >= 0.6 is 24.4 Å². The highest BCUT2D eigenvalue weighted by Gasteiger charge is 2.32. The Morgan fingerprint density at radius 1 is 1.24 bits per heavy atom. The van der Waals surface area contributed by atoms with Crippen LogP contribution in [-0.4, -0.2) is 11.5 Å². The summed E-state index contributed by atoms with van der Waals surface area (Å²) in [5.41, 5.74) is 0.215. The van der Waals surface area contributed by atoms with Gasteiger partial charge in [-0.15, -0.1) is 11.8 Å². The second-order valence-electron chi connectivity index (χ2n) is 4.73. The maximum atomic E-state index is 13.5. The second-order valence-corrected chi connectivity index (χ2v) is 6.06. The molecule has 94 valence electrons. The summed E-state index contributed by atoms with van der Waals surface area (Å²) in [4.78, 5) is 0.415. The predicted octanol–water partition coefficient (Wildman–Crippen LogP) is 4.55. The van der Waals surface area contributed by atoms with Gasteiger partial charge in [0.2, 0.25) is 0 Å². The van der Waals surface area contributed by atoms with Crippen molar-refractivity contribution < 1.29 is 8.78 Å². The zero-order valence-electron chi connectivity index (χ0n) is 9.59. The van der Waals surface area contributed by atoms with Crippen molar-refractivity contribution in [2.75, 3.05) is 11.5 Å². The van der Waals surface area contributed by atoms with E-state index in [-0.39, 0.29) is 17.0 Å². The number of hydrogen-bond donors (Lipinski definition) is 1. The van der Waals surface area contributed by atoms with E-state index in [9.17, 15) is 8.78 Å². The third kappa shape index (κ3) is 3.16. The Hall–Kier alpha value is -0.220. The maximum absolute atomic E-state index is 13.5. The van der Waals surface area contributed by atoms with Crippen molar-refractivity contribution in [3.05, 3.63) is 29.8 Å². The smallest absolute Gasteiger partial charge is 0.136 e. The van der Waals surface area contributed by atoms with E-state index in [0.717, 1.165) is 30.4 Å². The minimum absolute atomic E-state index is 0.215. The Bertz CT molecular complexity index is 387. The largest absolute Gasteiger partial charge is 0.207 e. The summed E-state index contributed by atoms with van der Waals surface area (Å²) >= 11 is 5.83. The number of halogens is 2. The van der Waals surface area contributed by atoms with Gasteiger partial charge < -0.3 is 0 Å². The van der Waals surface area contributed by atoms with Gasteiger partial charge in [0.25, 0.3) is 0 Å². The topological polar surface area (TPSA) is 0 Å². The molecule has 0 heterocycles. The van der Waals surface area contributed by atoms with E-state index in [0.29, 0.717) is 4.90 Å². The molecule has 0 atom stereocenters. The lowest BCUT2D eigenvalue weighted by molar-refractivity contribution is 0.403. The number of benzene rings is 1. The first-order valence-electron chi connectivity index (χ1n) is 5.84. The van der Waals surface area contributed by atoms with Gasteiger partial charge in [0.05, 0.1) is 0 Å². The zero-order chi connectivity index (χ0) is 12.3. The van der Waals surface area contributed by atoms with Gasteiger partial charge in [-0.3, -0.25) is 0 Å². The van der Waals surface area contributed by atoms with E-state index in [1.807, 2.05) is 0 Å². The Kier molecular flexibility index (Phi) is 4.36. The van der Waals surface area contributed by atoms with Gasteiger partial charge in [-0.1, -0.05) is 12.8 Å². The van der Waals surface area contributed by atoms with Crippen molar-refractivity contribution in [2.24, 2.45) is 5.41 Å². The van der Waals surface area contributed by atoms with E-state index in [1.165, 1.54) is 36.7 Å². The first kappa shape index (κ1) is 13.2. The molecular weight excluding hydrogens is 258 g/mol. The summed E-state index contributed by atoms with van der Waals surface area (Å²) in [6, 6.07) is 3.63. The molecule has 1 aliphatic carbocycles. The molecule has 0 spiro atoms. The summed E-state index contributed by atoms with van der Waals surface area (Å²) in [6.45, 7) is 0. The van der Waals surface area contributed by atoms with Crippen LogP contribution in [0.2, 0.25) is 0 Å². The van der Waals surface area contributed by atoms with Gasteiger partial charge in [0.1, 0.15) is 11.6 Å². The van der Waals surface area contributed by atoms with Gasteiger partial charge in [0, 0.05) is 10.6 Å². The molecule has 1 saturated carbocycles. The van der Waals surface area contributed by atoms with Crippen LogP contribution in [0.1, 0.15) is 25.7 Å². The first-order valence-corrected chi connectivity index (χ1v) is 7.46. The zero-order valence-corrected chi connectivity index (χ0v) is 11.3. The number of rotatable bonds is 4. The molecule has 1 aliphatic rings. The van der Waals surface area contributed by atoms with Crippen molar-refractivity contribution in [1.82, 2.24) is 0 Å². The van der Waals surface area contributed by atoms with Crippen LogP contribution in [0.3, 0.4) is 0 Å². The Labute approximate surface area is 111 Å². The lowest BCUT2D eigenvalue weighted by atomic mass is 9.91. The van der Waals surface area contributed by atoms with Crippen LogP contribution in [0.15, 0.2) is 23.1 Å². The van der Waals surface area contributed by atoms with Gasteiger partial charge >= 0.3 is 0 Å². The molecule has 1 aromatic carbocycles. The number of hydrogen-bond acceptors (Lipinski definition) is 2. The van der Waals surface area contributed by atoms with Crippen molar-refractivity contribution >= 4 is 24.4 Å². The summed E-state index contributed by atoms with van der Waals surface area (Å²) in [5.74, 6) is 0.956. The standard InChI is InChI=1S/C13H16F2S2/c14-10-3-4-11(15)12(7-10)17-9-13(8-16)5-1-2-6-13/h3-4,7,16H,1-2,5-6,8-9H2. The molecule has 0 nitrogen and oxygen atoms in total. The predicted molar refractivity (Wildman–Crippen MR) is 71.8 cm³/mol. The molecule has 0 radical (unpaired) electrons. The first-order chi connectivity index (χ1) is 8.15. The summed E-state index contributed by atoms with van der Waals surface area (Å²) in [5, 5.41) is 0. The molecule has 0 amide bonds. The SMILES string of the molecule is Fc1ccc(F)c(SCC2(CS)CCCC2)c1.